The second kappa shape index (κ2) is 8.25. The van der Waals surface area contributed by atoms with Crippen molar-refractivity contribution >= 4 is 5.91 Å². The Hall–Kier alpha value is -2.09. The van der Waals surface area contributed by atoms with Crippen molar-refractivity contribution in [2.45, 2.75) is 32.6 Å². The molecule has 2 heteroatoms. The van der Waals surface area contributed by atoms with Gasteiger partial charge < -0.3 is 5.32 Å². The highest BCUT2D eigenvalue weighted by Crippen LogP contribution is 2.19. The Labute approximate surface area is 127 Å². The van der Waals surface area contributed by atoms with Crippen LogP contribution in [0.15, 0.2) is 54.6 Å². The van der Waals surface area contributed by atoms with E-state index in [0.717, 1.165) is 24.1 Å². The van der Waals surface area contributed by atoms with Crippen molar-refractivity contribution in [3.8, 4) is 11.1 Å². The second-order valence-electron chi connectivity index (χ2n) is 5.26. The third kappa shape index (κ3) is 4.75. The molecular formula is C19H23NO. The van der Waals surface area contributed by atoms with E-state index in [-0.39, 0.29) is 5.91 Å². The lowest BCUT2D eigenvalue weighted by molar-refractivity contribution is 0.0953. The molecule has 0 unspecified atom stereocenters. The van der Waals surface area contributed by atoms with Crippen molar-refractivity contribution in [3.05, 3.63) is 60.2 Å². The van der Waals surface area contributed by atoms with Crippen molar-refractivity contribution in [1.29, 1.82) is 0 Å². The van der Waals surface area contributed by atoms with Crippen LogP contribution in [0.2, 0.25) is 0 Å². The maximum absolute atomic E-state index is 12.0. The maximum Gasteiger partial charge on any atom is 0.251 e. The molecule has 0 aliphatic rings. The molecule has 0 aliphatic carbocycles. The number of amides is 1. The summed E-state index contributed by atoms with van der Waals surface area (Å²) in [5.74, 6) is 0.0195. The minimum absolute atomic E-state index is 0.0195. The van der Waals surface area contributed by atoms with Gasteiger partial charge in [0.1, 0.15) is 0 Å². The van der Waals surface area contributed by atoms with Gasteiger partial charge in [-0.15, -0.1) is 0 Å². The van der Waals surface area contributed by atoms with Crippen molar-refractivity contribution in [1.82, 2.24) is 5.32 Å². The minimum atomic E-state index is 0.0195. The smallest absolute Gasteiger partial charge is 0.251 e. The number of nitrogens with one attached hydrogen (secondary N) is 1. The molecule has 2 rings (SSSR count). The lowest BCUT2D eigenvalue weighted by Gasteiger charge is -2.06. The minimum Gasteiger partial charge on any atom is -0.352 e. The average Bonchev–Trinajstić information content (AvgIpc) is 2.55. The predicted octanol–water partition coefficient (Wildman–Crippen LogP) is 4.66. The summed E-state index contributed by atoms with van der Waals surface area (Å²) in [4.78, 5) is 12.0. The summed E-state index contributed by atoms with van der Waals surface area (Å²) < 4.78 is 0. The molecule has 0 saturated carbocycles. The van der Waals surface area contributed by atoms with Crippen LogP contribution < -0.4 is 5.32 Å². The van der Waals surface area contributed by atoms with E-state index in [0.29, 0.717) is 0 Å². The Kier molecular flexibility index (Phi) is 6.01. The van der Waals surface area contributed by atoms with Crippen LogP contribution in [0.1, 0.15) is 43.0 Å². The molecule has 0 radical (unpaired) electrons. The molecule has 2 nitrogen and oxygen atoms in total. The lowest BCUT2D eigenvalue weighted by Crippen LogP contribution is -2.24. The molecule has 0 aliphatic heterocycles. The van der Waals surface area contributed by atoms with Crippen LogP contribution in [-0.2, 0) is 0 Å². The van der Waals surface area contributed by atoms with Crippen molar-refractivity contribution in [2.75, 3.05) is 6.54 Å². The first-order valence-electron chi connectivity index (χ1n) is 7.75. The number of benzene rings is 2. The van der Waals surface area contributed by atoms with Gasteiger partial charge in [0.25, 0.3) is 5.91 Å². The van der Waals surface area contributed by atoms with Gasteiger partial charge in [0.15, 0.2) is 0 Å². The van der Waals surface area contributed by atoms with Crippen LogP contribution in [-0.4, -0.2) is 12.5 Å². The third-order valence-electron chi connectivity index (χ3n) is 3.57. The van der Waals surface area contributed by atoms with Crippen LogP contribution >= 0.6 is 0 Å². The number of unbranched alkanes of at least 4 members (excludes halogenated alkanes) is 3. The summed E-state index contributed by atoms with van der Waals surface area (Å²) in [5, 5.41) is 2.98. The summed E-state index contributed by atoms with van der Waals surface area (Å²) in [7, 11) is 0. The molecule has 0 aromatic heterocycles. The number of rotatable bonds is 7. The monoisotopic (exact) mass is 281 g/mol. The van der Waals surface area contributed by atoms with Crippen molar-refractivity contribution in [3.63, 3.8) is 0 Å². The molecule has 0 saturated heterocycles. The number of hydrogen-bond acceptors (Lipinski definition) is 1. The van der Waals surface area contributed by atoms with Crippen LogP contribution in [0.5, 0.6) is 0 Å². The SMILES string of the molecule is CCCCCCNC(=O)c1ccc(-c2ccccc2)cc1. The van der Waals surface area contributed by atoms with Gasteiger partial charge >= 0.3 is 0 Å². The normalized spacial score (nSPS) is 10.3. The number of hydrogen-bond donors (Lipinski definition) is 1. The zero-order valence-corrected chi connectivity index (χ0v) is 12.6. The highest BCUT2D eigenvalue weighted by Gasteiger charge is 2.05. The van der Waals surface area contributed by atoms with Gasteiger partial charge in [-0.3, -0.25) is 4.79 Å². The van der Waals surface area contributed by atoms with E-state index in [4.69, 9.17) is 0 Å². The first kappa shape index (κ1) is 15.3. The summed E-state index contributed by atoms with van der Waals surface area (Å²) in [5.41, 5.74) is 3.03. The molecule has 21 heavy (non-hydrogen) atoms. The first-order chi connectivity index (χ1) is 10.3. The molecule has 0 atom stereocenters. The fraction of sp³-hybridized carbons (Fsp3) is 0.316. The molecule has 1 N–H and O–H groups in total. The topological polar surface area (TPSA) is 29.1 Å². The molecule has 0 bridgehead atoms. The third-order valence-corrected chi connectivity index (χ3v) is 3.57. The van der Waals surface area contributed by atoms with E-state index >= 15 is 0 Å². The van der Waals surface area contributed by atoms with E-state index in [1.54, 1.807) is 0 Å². The van der Waals surface area contributed by atoms with Gasteiger partial charge in [-0.05, 0) is 29.7 Å². The molecular weight excluding hydrogens is 258 g/mol. The molecule has 110 valence electrons. The van der Waals surface area contributed by atoms with Crippen LogP contribution in [0.4, 0.5) is 0 Å². The highest BCUT2D eigenvalue weighted by atomic mass is 16.1. The van der Waals surface area contributed by atoms with E-state index < -0.39 is 0 Å². The van der Waals surface area contributed by atoms with Gasteiger partial charge in [0, 0.05) is 12.1 Å². The molecule has 0 fully saturated rings. The van der Waals surface area contributed by atoms with Crippen molar-refractivity contribution in [2.24, 2.45) is 0 Å². The van der Waals surface area contributed by atoms with E-state index in [2.05, 4.69) is 24.4 Å². The summed E-state index contributed by atoms with van der Waals surface area (Å²) in [6.07, 6.45) is 4.70. The largest absolute Gasteiger partial charge is 0.352 e. The average molecular weight is 281 g/mol. The fourth-order valence-corrected chi connectivity index (χ4v) is 2.30. The quantitative estimate of drug-likeness (QED) is 0.734. The zero-order chi connectivity index (χ0) is 14.9. The van der Waals surface area contributed by atoms with Gasteiger partial charge in [-0.1, -0.05) is 68.7 Å². The maximum atomic E-state index is 12.0. The fourth-order valence-electron chi connectivity index (χ4n) is 2.30. The van der Waals surface area contributed by atoms with E-state index in [9.17, 15) is 4.79 Å². The Morgan fingerprint density at radius 1 is 0.857 bits per heavy atom. The van der Waals surface area contributed by atoms with Crippen LogP contribution in [0.25, 0.3) is 11.1 Å². The Balaban J connectivity index is 1.88. The van der Waals surface area contributed by atoms with Gasteiger partial charge in [0.05, 0.1) is 0 Å². The van der Waals surface area contributed by atoms with Gasteiger partial charge in [-0.25, -0.2) is 0 Å². The van der Waals surface area contributed by atoms with Crippen LogP contribution in [0.3, 0.4) is 0 Å². The molecule has 2 aromatic rings. The number of carbonyl (C=O) groups is 1. The standard InChI is InChI=1S/C19H23NO/c1-2-3-4-8-15-20-19(21)18-13-11-17(12-14-18)16-9-6-5-7-10-16/h5-7,9-14H,2-4,8,15H2,1H3,(H,20,21). The van der Waals surface area contributed by atoms with E-state index in [1.807, 2.05) is 42.5 Å². The molecule has 0 spiro atoms. The zero-order valence-electron chi connectivity index (χ0n) is 12.6. The number of carbonyl (C=O) groups excluding carboxylic acids is 1. The Morgan fingerprint density at radius 2 is 1.52 bits per heavy atom. The summed E-state index contributed by atoms with van der Waals surface area (Å²) in [6, 6.07) is 18.0. The van der Waals surface area contributed by atoms with Crippen LogP contribution in [0, 0.1) is 0 Å². The van der Waals surface area contributed by atoms with Gasteiger partial charge in [0.2, 0.25) is 0 Å². The first-order valence-corrected chi connectivity index (χ1v) is 7.75. The second-order valence-corrected chi connectivity index (χ2v) is 5.26. The lowest BCUT2D eigenvalue weighted by atomic mass is 10.0. The Bertz CT molecular complexity index is 546. The Morgan fingerprint density at radius 3 is 2.19 bits per heavy atom. The predicted molar refractivity (Wildman–Crippen MR) is 88.4 cm³/mol. The van der Waals surface area contributed by atoms with Gasteiger partial charge in [-0.2, -0.15) is 0 Å². The summed E-state index contributed by atoms with van der Waals surface area (Å²) >= 11 is 0. The molecule has 0 heterocycles. The van der Waals surface area contributed by atoms with E-state index in [1.165, 1.54) is 24.8 Å². The molecule has 2 aromatic carbocycles. The summed E-state index contributed by atoms with van der Waals surface area (Å²) in [6.45, 7) is 2.95. The van der Waals surface area contributed by atoms with Crippen molar-refractivity contribution < 1.29 is 4.79 Å². The highest BCUT2D eigenvalue weighted by molar-refractivity contribution is 5.94. The molecule has 1 amide bonds.